The minimum absolute atomic E-state index is 0.959. The van der Waals surface area contributed by atoms with E-state index in [2.05, 4.69) is 129 Å². The van der Waals surface area contributed by atoms with Crippen LogP contribution in [0.4, 0.5) is 0 Å². The van der Waals surface area contributed by atoms with Crippen LogP contribution in [0.5, 0.6) is 0 Å². The molecule has 0 N–H and O–H groups in total. The van der Waals surface area contributed by atoms with Crippen LogP contribution in [0.15, 0.2) is 97.1 Å². The van der Waals surface area contributed by atoms with E-state index < -0.39 is 0 Å². The topological polar surface area (TPSA) is 17.8 Å². The molecule has 0 saturated heterocycles. The number of hydrogen-bond acceptors (Lipinski definition) is 1. The first-order chi connectivity index (χ1) is 16.0. The molecule has 5 rings (SSSR count). The molecular formula is C31H28N2. The Morgan fingerprint density at radius 3 is 1.73 bits per heavy atom. The van der Waals surface area contributed by atoms with Gasteiger partial charge in [-0.3, -0.25) is 4.57 Å². The van der Waals surface area contributed by atoms with E-state index in [1.165, 1.54) is 27.9 Å². The van der Waals surface area contributed by atoms with Crippen molar-refractivity contribution in [3.63, 3.8) is 0 Å². The zero-order valence-electron chi connectivity index (χ0n) is 19.6. The van der Waals surface area contributed by atoms with Crippen molar-refractivity contribution in [3.8, 4) is 39.6 Å². The lowest BCUT2D eigenvalue weighted by Crippen LogP contribution is -2.05. The maximum Gasteiger partial charge on any atom is 0.145 e. The molecule has 33 heavy (non-hydrogen) atoms. The van der Waals surface area contributed by atoms with Crippen molar-refractivity contribution in [1.82, 2.24) is 9.55 Å². The predicted octanol–water partition coefficient (Wildman–Crippen LogP) is 8.11. The maximum atomic E-state index is 5.31. The quantitative estimate of drug-likeness (QED) is 0.283. The van der Waals surface area contributed by atoms with Crippen LogP contribution in [0.25, 0.3) is 39.6 Å². The van der Waals surface area contributed by atoms with Crippen LogP contribution < -0.4 is 0 Å². The summed E-state index contributed by atoms with van der Waals surface area (Å²) >= 11 is 0. The Balaban J connectivity index is 1.95. The zero-order chi connectivity index (χ0) is 22.9. The highest BCUT2D eigenvalue weighted by molar-refractivity contribution is 5.85. The van der Waals surface area contributed by atoms with Gasteiger partial charge in [-0.1, -0.05) is 102 Å². The van der Waals surface area contributed by atoms with Gasteiger partial charge in [0, 0.05) is 16.7 Å². The van der Waals surface area contributed by atoms with Crippen LogP contribution in [0.1, 0.15) is 22.3 Å². The predicted molar refractivity (Wildman–Crippen MR) is 139 cm³/mol. The Bertz CT molecular complexity index is 1400. The second-order valence-electron chi connectivity index (χ2n) is 8.82. The average molecular weight is 429 g/mol. The molecule has 0 unspecified atom stereocenters. The summed E-state index contributed by atoms with van der Waals surface area (Å²) < 4.78 is 2.37. The first-order valence-electron chi connectivity index (χ1n) is 11.4. The molecule has 0 aliphatic carbocycles. The lowest BCUT2D eigenvalue weighted by atomic mass is 10.0. The van der Waals surface area contributed by atoms with Gasteiger partial charge in [0.25, 0.3) is 0 Å². The van der Waals surface area contributed by atoms with Crippen LogP contribution in [0, 0.1) is 27.7 Å². The number of benzene rings is 4. The second-order valence-corrected chi connectivity index (χ2v) is 8.82. The lowest BCUT2D eigenvalue weighted by molar-refractivity contribution is 1.03. The Morgan fingerprint density at radius 1 is 0.545 bits per heavy atom. The van der Waals surface area contributed by atoms with Crippen molar-refractivity contribution in [3.05, 3.63) is 119 Å². The zero-order valence-corrected chi connectivity index (χ0v) is 19.6. The highest BCUT2D eigenvalue weighted by atomic mass is 15.1. The van der Waals surface area contributed by atoms with Crippen molar-refractivity contribution in [1.29, 1.82) is 0 Å². The van der Waals surface area contributed by atoms with Gasteiger partial charge in [0.15, 0.2) is 0 Å². The average Bonchev–Trinajstić information content (AvgIpc) is 3.20. The Morgan fingerprint density at radius 2 is 1.12 bits per heavy atom. The largest absolute Gasteiger partial charge is 0.291 e. The number of aryl methyl sites for hydroxylation is 4. The van der Waals surface area contributed by atoms with E-state index in [1.807, 2.05) is 0 Å². The van der Waals surface area contributed by atoms with Crippen LogP contribution in [0.3, 0.4) is 0 Å². The van der Waals surface area contributed by atoms with E-state index in [1.54, 1.807) is 0 Å². The molecule has 0 atom stereocenters. The van der Waals surface area contributed by atoms with E-state index in [-0.39, 0.29) is 0 Å². The summed E-state index contributed by atoms with van der Waals surface area (Å²) in [7, 11) is 0. The first-order valence-corrected chi connectivity index (χ1v) is 11.4. The molecule has 1 aromatic heterocycles. The highest BCUT2D eigenvalue weighted by Crippen LogP contribution is 2.40. The molecule has 162 valence electrons. The van der Waals surface area contributed by atoms with E-state index in [4.69, 9.17) is 4.98 Å². The van der Waals surface area contributed by atoms with Crippen LogP contribution in [-0.4, -0.2) is 9.55 Å². The molecule has 5 aromatic rings. The summed E-state index contributed by atoms with van der Waals surface area (Å²) in [6.45, 7) is 8.69. The van der Waals surface area contributed by atoms with Gasteiger partial charge in [-0.05, 0) is 44.9 Å². The van der Waals surface area contributed by atoms with E-state index in [9.17, 15) is 0 Å². The monoisotopic (exact) mass is 428 g/mol. The molecule has 2 heteroatoms. The normalized spacial score (nSPS) is 11.0. The number of hydrogen-bond donors (Lipinski definition) is 0. The van der Waals surface area contributed by atoms with Gasteiger partial charge >= 0.3 is 0 Å². The number of aromatic nitrogens is 2. The summed E-state index contributed by atoms with van der Waals surface area (Å²) in [6.07, 6.45) is 0. The Hall–Kier alpha value is -3.91. The molecule has 4 aromatic carbocycles. The molecular weight excluding hydrogens is 400 g/mol. The fourth-order valence-electron chi connectivity index (χ4n) is 4.80. The summed E-state index contributed by atoms with van der Waals surface area (Å²) in [5.74, 6) is 0.959. The number of rotatable bonds is 4. The van der Waals surface area contributed by atoms with Gasteiger partial charge in [0.1, 0.15) is 5.82 Å². The molecule has 2 nitrogen and oxygen atoms in total. The summed E-state index contributed by atoms with van der Waals surface area (Å²) in [5.41, 5.74) is 11.7. The van der Waals surface area contributed by atoms with E-state index in [0.717, 1.165) is 33.9 Å². The molecule has 0 saturated carbocycles. The summed E-state index contributed by atoms with van der Waals surface area (Å²) in [5, 5.41) is 0. The molecule has 0 spiro atoms. The van der Waals surface area contributed by atoms with Crippen molar-refractivity contribution < 1.29 is 0 Å². The molecule has 0 bridgehead atoms. The number of nitrogens with zero attached hydrogens (tertiary/aromatic N) is 2. The Kier molecular flexibility index (Phi) is 5.43. The standard InChI is InChI=1S/C31H28N2/c1-21-12-11-17-27(20-21)28-30(25-13-7-5-8-14-25)33(29-23(3)18-22(2)19-24(29)4)31(32-28)26-15-9-6-10-16-26/h5-20H,1-4H3. The fourth-order valence-corrected chi connectivity index (χ4v) is 4.80. The smallest absolute Gasteiger partial charge is 0.145 e. The SMILES string of the molecule is Cc1cccc(-c2nc(-c3ccccc3)n(-c3c(C)cc(C)cc3C)c2-c2ccccc2)c1. The molecule has 0 radical (unpaired) electrons. The fraction of sp³-hybridized carbons (Fsp3) is 0.129. The van der Waals surface area contributed by atoms with Crippen molar-refractivity contribution in [2.45, 2.75) is 27.7 Å². The second kappa shape index (κ2) is 8.55. The minimum atomic E-state index is 0.959. The van der Waals surface area contributed by atoms with Gasteiger partial charge in [-0.25, -0.2) is 4.98 Å². The third kappa shape index (κ3) is 3.89. The van der Waals surface area contributed by atoms with Crippen LogP contribution >= 0.6 is 0 Å². The van der Waals surface area contributed by atoms with Gasteiger partial charge in [-0.2, -0.15) is 0 Å². The summed E-state index contributed by atoms with van der Waals surface area (Å²) in [6, 6.07) is 34.3. The van der Waals surface area contributed by atoms with Crippen molar-refractivity contribution in [2.75, 3.05) is 0 Å². The van der Waals surface area contributed by atoms with Crippen LogP contribution in [-0.2, 0) is 0 Å². The van der Waals surface area contributed by atoms with Crippen molar-refractivity contribution >= 4 is 0 Å². The molecule has 1 heterocycles. The third-order valence-corrected chi connectivity index (χ3v) is 6.11. The summed E-state index contributed by atoms with van der Waals surface area (Å²) in [4.78, 5) is 5.31. The molecule has 0 aliphatic heterocycles. The lowest BCUT2D eigenvalue weighted by Gasteiger charge is -2.19. The van der Waals surface area contributed by atoms with Gasteiger partial charge in [0.2, 0.25) is 0 Å². The van der Waals surface area contributed by atoms with Crippen LogP contribution in [0.2, 0.25) is 0 Å². The molecule has 0 fully saturated rings. The van der Waals surface area contributed by atoms with E-state index >= 15 is 0 Å². The maximum absolute atomic E-state index is 5.31. The minimum Gasteiger partial charge on any atom is -0.291 e. The third-order valence-electron chi connectivity index (χ3n) is 6.11. The first kappa shape index (κ1) is 21.0. The number of imidazole rings is 1. The molecule has 0 amide bonds. The van der Waals surface area contributed by atoms with Gasteiger partial charge in [-0.15, -0.1) is 0 Å². The van der Waals surface area contributed by atoms with Gasteiger partial charge in [0.05, 0.1) is 17.1 Å². The van der Waals surface area contributed by atoms with Crippen molar-refractivity contribution in [2.24, 2.45) is 0 Å². The molecule has 0 aliphatic rings. The highest BCUT2D eigenvalue weighted by Gasteiger charge is 2.24. The van der Waals surface area contributed by atoms with Gasteiger partial charge < -0.3 is 0 Å². The Labute approximate surface area is 196 Å². The van der Waals surface area contributed by atoms with E-state index in [0.29, 0.717) is 0 Å².